The zero-order valence-electron chi connectivity index (χ0n) is 18.7. The minimum Gasteiger partial charge on any atom is -0.343 e. The van der Waals surface area contributed by atoms with Gasteiger partial charge in [0.1, 0.15) is 10.5 Å². The lowest BCUT2D eigenvalue weighted by atomic mass is 9.92. The summed E-state index contributed by atoms with van der Waals surface area (Å²) in [4.78, 5) is 12.4. The summed E-state index contributed by atoms with van der Waals surface area (Å²) in [5.74, 6) is 0.472. The van der Waals surface area contributed by atoms with Gasteiger partial charge in [-0.25, -0.2) is 13.4 Å². The molecule has 3 aromatic heterocycles. The van der Waals surface area contributed by atoms with E-state index in [-0.39, 0.29) is 27.9 Å². The Morgan fingerprint density at radius 2 is 1.81 bits per heavy atom. The average molecular weight is 479 g/mol. The van der Waals surface area contributed by atoms with E-state index in [0.29, 0.717) is 18.5 Å². The second-order valence-corrected chi connectivity index (χ2v) is 13.8. The maximum Gasteiger partial charge on any atom is 0.244 e. The van der Waals surface area contributed by atoms with Crippen LogP contribution in [0.15, 0.2) is 41.6 Å². The van der Waals surface area contributed by atoms with Gasteiger partial charge in [0.2, 0.25) is 10.0 Å². The molecule has 0 spiro atoms. The number of hydrogen-bond donors (Lipinski definition) is 3. The number of sulfonamides is 1. The highest BCUT2D eigenvalue weighted by molar-refractivity contribution is 8.24. The molecule has 0 atom stereocenters. The molecule has 3 aromatic rings. The first-order valence-electron chi connectivity index (χ1n) is 10.5. The highest BCUT2D eigenvalue weighted by Crippen LogP contribution is 2.45. The molecule has 0 amide bonds. The van der Waals surface area contributed by atoms with Crippen molar-refractivity contribution >= 4 is 31.6 Å². The van der Waals surface area contributed by atoms with Gasteiger partial charge in [0.25, 0.3) is 0 Å². The van der Waals surface area contributed by atoms with Gasteiger partial charge in [0, 0.05) is 59.0 Å². The molecule has 8 nitrogen and oxygen atoms in total. The molecule has 32 heavy (non-hydrogen) atoms. The summed E-state index contributed by atoms with van der Waals surface area (Å²) in [5.41, 5.74) is 3.34. The van der Waals surface area contributed by atoms with E-state index in [2.05, 4.69) is 41.8 Å². The van der Waals surface area contributed by atoms with E-state index in [4.69, 9.17) is 0 Å². The lowest BCUT2D eigenvalue weighted by Crippen LogP contribution is -2.41. The van der Waals surface area contributed by atoms with Crippen LogP contribution in [-0.4, -0.2) is 61.4 Å². The zero-order valence-corrected chi connectivity index (χ0v) is 20.4. The number of fused-ring (bicyclic) bond motifs is 1. The van der Waals surface area contributed by atoms with Gasteiger partial charge in [0.15, 0.2) is 0 Å². The molecule has 0 bridgehead atoms. The minimum absolute atomic E-state index is 0.0553. The van der Waals surface area contributed by atoms with Crippen molar-refractivity contribution in [3.63, 3.8) is 0 Å². The van der Waals surface area contributed by atoms with Crippen LogP contribution in [0.2, 0.25) is 0 Å². The van der Waals surface area contributed by atoms with Crippen LogP contribution in [0.25, 0.3) is 22.3 Å². The Hall–Kier alpha value is -1.98. The molecule has 3 N–H and O–H groups in total. The molecule has 0 unspecified atom stereocenters. The van der Waals surface area contributed by atoms with E-state index in [0.717, 1.165) is 22.3 Å². The topological polar surface area (TPSA) is 119 Å². The van der Waals surface area contributed by atoms with Crippen LogP contribution in [-0.2, 0) is 15.4 Å². The first-order chi connectivity index (χ1) is 14.9. The van der Waals surface area contributed by atoms with Crippen molar-refractivity contribution in [2.45, 2.75) is 50.0 Å². The van der Waals surface area contributed by atoms with Gasteiger partial charge in [-0.1, -0.05) is 20.8 Å². The number of nitrogens with one attached hydrogen (secondary N) is 1. The lowest BCUT2D eigenvalue weighted by Gasteiger charge is -2.41. The standard InChI is InChI=1S/C22H30N4O4S2/c1-22(2,3)20-13-18-17(7-10-23-21(18)25-20)19-6-5-16(14-24-19)32(29,30)26(4)15-8-11-31(27,28)12-9-15/h5-7,10,13-15,27-28H,8-9,11-12H2,1-4H3,(H,23,25). The van der Waals surface area contributed by atoms with Crippen molar-refractivity contribution in [1.29, 1.82) is 0 Å². The van der Waals surface area contributed by atoms with Gasteiger partial charge in [-0.3, -0.25) is 14.1 Å². The molecule has 1 saturated heterocycles. The van der Waals surface area contributed by atoms with E-state index in [1.165, 1.54) is 10.5 Å². The summed E-state index contributed by atoms with van der Waals surface area (Å²) < 4.78 is 47.2. The monoisotopic (exact) mass is 478 g/mol. The van der Waals surface area contributed by atoms with Crippen molar-refractivity contribution in [1.82, 2.24) is 19.3 Å². The summed E-state index contributed by atoms with van der Waals surface area (Å²) in [5, 5.41) is 0.943. The van der Waals surface area contributed by atoms with E-state index < -0.39 is 20.6 Å². The quantitative estimate of drug-likeness (QED) is 0.509. The van der Waals surface area contributed by atoms with Gasteiger partial charge < -0.3 is 4.98 Å². The minimum atomic E-state index is -3.73. The van der Waals surface area contributed by atoms with Crippen molar-refractivity contribution in [3.8, 4) is 11.3 Å². The van der Waals surface area contributed by atoms with Gasteiger partial charge in [0.05, 0.1) is 5.69 Å². The second kappa shape index (κ2) is 8.11. The zero-order chi connectivity index (χ0) is 23.3. The Bertz CT molecular complexity index is 1220. The smallest absolute Gasteiger partial charge is 0.244 e. The van der Waals surface area contributed by atoms with Crippen molar-refractivity contribution in [2.24, 2.45) is 0 Å². The van der Waals surface area contributed by atoms with E-state index in [1.807, 2.05) is 6.07 Å². The Kier molecular flexibility index (Phi) is 5.87. The molecule has 0 aliphatic carbocycles. The number of pyridine rings is 2. The third-order valence-electron chi connectivity index (χ3n) is 6.10. The van der Waals surface area contributed by atoms with E-state index in [9.17, 15) is 17.5 Å². The van der Waals surface area contributed by atoms with Gasteiger partial charge in [-0.2, -0.15) is 14.9 Å². The van der Waals surface area contributed by atoms with Crippen LogP contribution in [0.1, 0.15) is 39.3 Å². The number of rotatable bonds is 4. The molecule has 10 heteroatoms. The number of hydrogen-bond acceptors (Lipinski definition) is 6. The fourth-order valence-electron chi connectivity index (χ4n) is 3.97. The molecule has 1 aliphatic heterocycles. The molecule has 0 aromatic carbocycles. The second-order valence-electron chi connectivity index (χ2n) is 9.40. The third-order valence-corrected chi connectivity index (χ3v) is 9.77. The number of aromatic amines is 1. The van der Waals surface area contributed by atoms with Crippen LogP contribution < -0.4 is 0 Å². The molecule has 0 radical (unpaired) electrons. The Balaban J connectivity index is 1.61. The van der Waals surface area contributed by atoms with E-state index in [1.54, 1.807) is 25.4 Å². The highest BCUT2D eigenvalue weighted by atomic mass is 32.3. The Labute approximate surface area is 190 Å². The predicted molar refractivity (Wildman–Crippen MR) is 129 cm³/mol. The van der Waals surface area contributed by atoms with Crippen molar-refractivity contribution in [2.75, 3.05) is 18.6 Å². The predicted octanol–water partition coefficient (Wildman–Crippen LogP) is 4.46. The molecule has 0 saturated carbocycles. The van der Waals surface area contributed by atoms with Crippen LogP contribution in [0.4, 0.5) is 0 Å². The largest absolute Gasteiger partial charge is 0.343 e. The van der Waals surface area contributed by atoms with E-state index >= 15 is 0 Å². The molecule has 4 rings (SSSR count). The van der Waals surface area contributed by atoms with Gasteiger partial charge >= 0.3 is 0 Å². The maximum absolute atomic E-state index is 13.1. The first-order valence-corrected chi connectivity index (χ1v) is 13.9. The fraction of sp³-hybridized carbons (Fsp3) is 0.455. The van der Waals surface area contributed by atoms with Crippen LogP contribution in [0.3, 0.4) is 0 Å². The number of aromatic nitrogens is 3. The summed E-state index contributed by atoms with van der Waals surface area (Å²) >= 11 is 0. The molecule has 1 fully saturated rings. The van der Waals surface area contributed by atoms with Crippen LogP contribution >= 0.6 is 10.6 Å². The van der Waals surface area contributed by atoms with Gasteiger partial charge in [-0.05, 0) is 37.1 Å². The van der Waals surface area contributed by atoms with Crippen LogP contribution in [0.5, 0.6) is 0 Å². The molecular formula is C22H30N4O4S2. The third kappa shape index (κ3) is 4.42. The highest BCUT2D eigenvalue weighted by Gasteiger charge is 2.33. The Morgan fingerprint density at radius 1 is 1.12 bits per heavy atom. The summed E-state index contributed by atoms with van der Waals surface area (Å²) in [7, 11) is -4.75. The summed E-state index contributed by atoms with van der Waals surface area (Å²) in [6, 6.07) is 7.00. The molecule has 1 aliphatic rings. The normalized spacial score (nSPS) is 18.8. The maximum atomic E-state index is 13.1. The molecule has 4 heterocycles. The van der Waals surface area contributed by atoms with Crippen molar-refractivity contribution < 1.29 is 17.5 Å². The SMILES string of the molecule is CN(C1CCS(O)(O)CC1)S(=O)(=O)c1ccc(-c2ccnc3[nH]c(C(C)(C)C)cc23)nc1. The number of H-pyrrole nitrogens is 1. The van der Waals surface area contributed by atoms with Gasteiger partial charge in [-0.15, -0.1) is 0 Å². The fourth-order valence-corrected chi connectivity index (χ4v) is 6.83. The Morgan fingerprint density at radius 3 is 2.41 bits per heavy atom. The lowest BCUT2D eigenvalue weighted by molar-refractivity contribution is 0.332. The number of nitrogens with zero attached hydrogens (tertiary/aromatic N) is 3. The van der Waals surface area contributed by atoms with Crippen molar-refractivity contribution in [3.05, 3.63) is 42.4 Å². The molecular weight excluding hydrogens is 448 g/mol. The van der Waals surface area contributed by atoms with Crippen LogP contribution in [0, 0.1) is 0 Å². The average Bonchev–Trinajstić information content (AvgIpc) is 3.18. The first kappa shape index (κ1) is 23.2. The summed E-state index contributed by atoms with van der Waals surface area (Å²) in [6.45, 7) is 6.38. The molecule has 174 valence electrons. The summed E-state index contributed by atoms with van der Waals surface area (Å²) in [6.07, 6.45) is 3.97.